The molecule has 0 radical (unpaired) electrons. The zero-order valence-electron chi connectivity index (χ0n) is 11.7. The van der Waals surface area contributed by atoms with Crippen molar-refractivity contribution >= 4 is 0 Å². The van der Waals surface area contributed by atoms with Crippen LogP contribution in [0.2, 0.25) is 0 Å². The van der Waals surface area contributed by atoms with Gasteiger partial charge in [0.05, 0.1) is 6.04 Å². The first-order chi connectivity index (χ1) is 8.00. The van der Waals surface area contributed by atoms with Gasteiger partial charge >= 0.3 is 0 Å². The molecule has 17 heavy (non-hydrogen) atoms. The van der Waals surface area contributed by atoms with Gasteiger partial charge in [-0.2, -0.15) is 0 Å². The molecule has 1 aromatic heterocycles. The number of nitrogens with one attached hydrogen (secondary N) is 1. The fourth-order valence-electron chi connectivity index (χ4n) is 1.60. The van der Waals surface area contributed by atoms with Crippen LogP contribution >= 0.6 is 0 Å². The van der Waals surface area contributed by atoms with E-state index >= 15 is 0 Å². The van der Waals surface area contributed by atoms with Crippen molar-refractivity contribution in [1.29, 1.82) is 0 Å². The van der Waals surface area contributed by atoms with Crippen molar-refractivity contribution in [3.8, 4) is 0 Å². The van der Waals surface area contributed by atoms with Gasteiger partial charge in [-0.25, -0.2) is 4.68 Å². The topological polar surface area (TPSA) is 55.6 Å². The van der Waals surface area contributed by atoms with Crippen LogP contribution < -0.4 is 5.32 Å². The monoisotopic (exact) mass is 239 g/mol. The summed E-state index contributed by atoms with van der Waals surface area (Å²) in [5, 5.41) is 15.4. The molecule has 5 heteroatoms. The summed E-state index contributed by atoms with van der Waals surface area (Å²) in [5.41, 5.74) is 0.231. The van der Waals surface area contributed by atoms with Crippen molar-refractivity contribution in [3.05, 3.63) is 5.82 Å². The van der Waals surface area contributed by atoms with Crippen LogP contribution in [0, 0.1) is 5.41 Å². The average Bonchev–Trinajstić information content (AvgIpc) is 2.73. The minimum atomic E-state index is 0.206. The van der Waals surface area contributed by atoms with Crippen molar-refractivity contribution in [2.45, 2.75) is 60.0 Å². The predicted octanol–water partition coefficient (Wildman–Crippen LogP) is 2.17. The van der Waals surface area contributed by atoms with Crippen LogP contribution in [0.25, 0.3) is 0 Å². The quantitative estimate of drug-likeness (QED) is 0.792. The van der Waals surface area contributed by atoms with Gasteiger partial charge in [-0.1, -0.05) is 27.7 Å². The molecule has 0 fully saturated rings. The van der Waals surface area contributed by atoms with Gasteiger partial charge in [-0.15, -0.1) is 5.10 Å². The molecule has 0 aliphatic rings. The second-order valence-corrected chi connectivity index (χ2v) is 5.39. The van der Waals surface area contributed by atoms with Gasteiger partial charge < -0.3 is 5.32 Å². The Bertz CT molecular complexity index is 331. The summed E-state index contributed by atoms with van der Waals surface area (Å²) in [6, 6.07) is 0.206. The highest BCUT2D eigenvalue weighted by Gasteiger charge is 2.21. The van der Waals surface area contributed by atoms with Crippen LogP contribution in [0.1, 0.15) is 59.3 Å². The maximum atomic E-state index is 4.13. The highest BCUT2D eigenvalue weighted by molar-refractivity contribution is 4.90. The van der Waals surface area contributed by atoms with E-state index in [0.29, 0.717) is 0 Å². The number of aromatic nitrogens is 4. The molecule has 1 rings (SSSR count). The van der Waals surface area contributed by atoms with E-state index in [1.165, 1.54) is 0 Å². The van der Waals surface area contributed by atoms with Crippen molar-refractivity contribution in [2.24, 2.45) is 5.41 Å². The molecule has 1 heterocycles. The Hall–Kier alpha value is -0.970. The SMILES string of the molecule is CCCNC(C)c1nnnn1CC(C)(C)CC. The summed E-state index contributed by atoms with van der Waals surface area (Å²) in [6.45, 7) is 12.8. The van der Waals surface area contributed by atoms with Gasteiger partial charge in [0.1, 0.15) is 0 Å². The van der Waals surface area contributed by atoms with E-state index < -0.39 is 0 Å². The first kappa shape index (κ1) is 14.1. The fourth-order valence-corrected chi connectivity index (χ4v) is 1.60. The summed E-state index contributed by atoms with van der Waals surface area (Å²) in [5.74, 6) is 0.931. The predicted molar refractivity (Wildman–Crippen MR) is 68.6 cm³/mol. The van der Waals surface area contributed by atoms with Crippen LogP contribution in [0.3, 0.4) is 0 Å². The molecule has 0 aromatic carbocycles. The molecule has 0 bridgehead atoms. The molecule has 1 unspecified atom stereocenters. The maximum Gasteiger partial charge on any atom is 0.167 e. The van der Waals surface area contributed by atoms with Gasteiger partial charge in [-0.05, 0) is 42.2 Å². The zero-order chi connectivity index (χ0) is 12.9. The van der Waals surface area contributed by atoms with Crippen molar-refractivity contribution in [3.63, 3.8) is 0 Å². The van der Waals surface area contributed by atoms with Crippen LogP contribution in [-0.4, -0.2) is 26.8 Å². The Labute approximate surface area is 104 Å². The molecule has 0 saturated heterocycles. The lowest BCUT2D eigenvalue weighted by molar-refractivity contribution is 0.269. The standard InChI is InChI=1S/C12H25N5/c1-6-8-13-10(3)11-14-15-16-17(11)9-12(4,5)7-2/h10,13H,6-9H2,1-5H3. The first-order valence-corrected chi connectivity index (χ1v) is 6.49. The Morgan fingerprint density at radius 2 is 2.06 bits per heavy atom. The van der Waals surface area contributed by atoms with Crippen LogP contribution in [0.15, 0.2) is 0 Å². The van der Waals surface area contributed by atoms with Crippen LogP contribution in [-0.2, 0) is 6.54 Å². The number of hydrogen-bond donors (Lipinski definition) is 1. The summed E-state index contributed by atoms with van der Waals surface area (Å²) in [6.07, 6.45) is 2.23. The third-order valence-corrected chi connectivity index (χ3v) is 3.18. The van der Waals surface area contributed by atoms with Gasteiger partial charge in [0.25, 0.3) is 0 Å². The molecule has 0 aliphatic carbocycles. The van der Waals surface area contributed by atoms with Crippen molar-refractivity contribution < 1.29 is 0 Å². The summed E-state index contributed by atoms with van der Waals surface area (Å²) in [7, 11) is 0. The molecule has 1 N–H and O–H groups in total. The lowest BCUT2D eigenvalue weighted by Crippen LogP contribution is -2.26. The molecule has 0 saturated carbocycles. The maximum absolute atomic E-state index is 4.13. The molecular formula is C12H25N5. The summed E-state index contributed by atoms with van der Waals surface area (Å²) in [4.78, 5) is 0. The molecule has 5 nitrogen and oxygen atoms in total. The van der Waals surface area contributed by atoms with Gasteiger partial charge in [-0.3, -0.25) is 0 Å². The Morgan fingerprint density at radius 3 is 2.65 bits per heavy atom. The molecule has 0 spiro atoms. The fraction of sp³-hybridized carbons (Fsp3) is 0.917. The molecular weight excluding hydrogens is 214 g/mol. The third kappa shape index (κ3) is 4.07. The first-order valence-electron chi connectivity index (χ1n) is 6.49. The molecule has 1 atom stereocenters. The normalized spacial score (nSPS) is 13.9. The Balaban J connectivity index is 2.71. The molecule has 0 aliphatic heterocycles. The van der Waals surface area contributed by atoms with E-state index in [1.54, 1.807) is 0 Å². The number of rotatable bonds is 7. The second kappa shape index (κ2) is 6.10. The number of nitrogens with zero attached hydrogens (tertiary/aromatic N) is 4. The van der Waals surface area contributed by atoms with Crippen LogP contribution in [0.5, 0.6) is 0 Å². The molecule has 1 aromatic rings. The van der Waals surface area contributed by atoms with E-state index in [-0.39, 0.29) is 11.5 Å². The van der Waals surface area contributed by atoms with Crippen LogP contribution in [0.4, 0.5) is 0 Å². The zero-order valence-corrected chi connectivity index (χ0v) is 11.7. The smallest absolute Gasteiger partial charge is 0.167 e. The van der Waals surface area contributed by atoms with Gasteiger partial charge in [0.2, 0.25) is 0 Å². The number of tetrazole rings is 1. The summed E-state index contributed by atoms with van der Waals surface area (Å²) >= 11 is 0. The Morgan fingerprint density at radius 1 is 1.35 bits per heavy atom. The molecule has 0 amide bonds. The van der Waals surface area contributed by atoms with E-state index in [2.05, 4.69) is 55.5 Å². The van der Waals surface area contributed by atoms with E-state index in [9.17, 15) is 0 Å². The van der Waals surface area contributed by atoms with Crippen molar-refractivity contribution in [1.82, 2.24) is 25.5 Å². The highest BCUT2D eigenvalue weighted by Crippen LogP contribution is 2.23. The van der Waals surface area contributed by atoms with Gasteiger partial charge in [0.15, 0.2) is 5.82 Å². The van der Waals surface area contributed by atoms with E-state index in [4.69, 9.17) is 0 Å². The average molecular weight is 239 g/mol. The van der Waals surface area contributed by atoms with E-state index in [0.717, 1.165) is 31.8 Å². The lowest BCUT2D eigenvalue weighted by Gasteiger charge is -2.23. The number of hydrogen-bond acceptors (Lipinski definition) is 4. The second-order valence-electron chi connectivity index (χ2n) is 5.39. The largest absolute Gasteiger partial charge is 0.307 e. The van der Waals surface area contributed by atoms with E-state index in [1.807, 2.05) is 4.68 Å². The molecule has 98 valence electrons. The van der Waals surface area contributed by atoms with Crippen molar-refractivity contribution in [2.75, 3.05) is 6.54 Å². The lowest BCUT2D eigenvalue weighted by atomic mass is 9.90. The third-order valence-electron chi connectivity index (χ3n) is 3.18. The minimum absolute atomic E-state index is 0.206. The highest BCUT2D eigenvalue weighted by atomic mass is 15.5. The van der Waals surface area contributed by atoms with Gasteiger partial charge in [0, 0.05) is 6.54 Å². The minimum Gasteiger partial charge on any atom is -0.307 e. The Kier molecular flexibility index (Phi) is 5.05. The summed E-state index contributed by atoms with van der Waals surface area (Å²) < 4.78 is 1.93.